The average molecular weight is 785 g/mol. The number of aromatic nitrogens is 1. The van der Waals surface area contributed by atoms with Crippen LogP contribution in [0.25, 0.3) is 42.2 Å². The Kier molecular flexibility index (Phi) is 12.5. The summed E-state index contributed by atoms with van der Waals surface area (Å²) in [5.74, 6) is 0.547. The van der Waals surface area contributed by atoms with Crippen LogP contribution in [0.3, 0.4) is 0 Å². The van der Waals surface area contributed by atoms with Crippen LogP contribution in [0, 0.1) is 24.8 Å². The number of aliphatic hydroxyl groups is 1. The van der Waals surface area contributed by atoms with Crippen LogP contribution in [0.5, 0.6) is 0 Å². The number of hydrogen-bond acceptors (Lipinski definition) is 4. The molecule has 0 aliphatic carbocycles. The molecule has 235 valence electrons. The number of aliphatic hydroxyl groups excluding tert-OH is 1. The van der Waals surface area contributed by atoms with Gasteiger partial charge in [-0.05, 0) is 66.5 Å². The van der Waals surface area contributed by atoms with E-state index in [-0.39, 0.29) is 48.9 Å². The number of rotatable bonds is 8. The molecule has 5 aromatic rings. The first kappa shape index (κ1) is 35.6. The predicted octanol–water partition coefficient (Wildman–Crippen LogP) is 11.5. The van der Waals surface area contributed by atoms with Crippen LogP contribution >= 0.6 is 11.3 Å². The van der Waals surface area contributed by atoms with Gasteiger partial charge in [-0.15, -0.1) is 40.5 Å². The SMILES string of the molecule is CCC(CC)C(=O)/C=C(\O)C(CC)CC.Cc1ccc2c(c1)sc1c(-c3[c-]c4ccccc4c(C(C)(C)C)c3)nccc12.[Ir]. The number of thiophene rings is 1. The van der Waals surface area contributed by atoms with E-state index >= 15 is 0 Å². The molecule has 3 nitrogen and oxygen atoms in total. The Labute approximate surface area is 281 Å². The second-order valence-corrected chi connectivity index (χ2v) is 13.6. The van der Waals surface area contributed by atoms with Gasteiger partial charge >= 0.3 is 0 Å². The zero-order chi connectivity index (χ0) is 31.3. The average Bonchev–Trinajstić information content (AvgIpc) is 3.35. The first-order valence-corrected chi connectivity index (χ1v) is 16.5. The van der Waals surface area contributed by atoms with Crippen molar-refractivity contribution >= 4 is 48.1 Å². The van der Waals surface area contributed by atoms with Crippen molar-refractivity contribution < 1.29 is 30.0 Å². The molecule has 0 amide bonds. The molecule has 2 aromatic heterocycles. The number of pyridine rings is 1. The zero-order valence-electron chi connectivity index (χ0n) is 27.4. The zero-order valence-corrected chi connectivity index (χ0v) is 30.6. The van der Waals surface area contributed by atoms with Gasteiger partial charge in [0, 0.05) is 59.3 Å². The molecule has 0 spiro atoms. The summed E-state index contributed by atoms with van der Waals surface area (Å²) < 4.78 is 2.57. The quantitative estimate of drug-likeness (QED) is 0.0968. The maximum absolute atomic E-state index is 11.7. The molecule has 2 heterocycles. The van der Waals surface area contributed by atoms with E-state index in [1.54, 1.807) is 0 Å². The van der Waals surface area contributed by atoms with Gasteiger partial charge in [-0.1, -0.05) is 89.7 Å². The summed E-state index contributed by atoms with van der Waals surface area (Å²) in [7, 11) is 0. The van der Waals surface area contributed by atoms with E-state index in [0.29, 0.717) is 0 Å². The van der Waals surface area contributed by atoms with Crippen LogP contribution in [0.15, 0.2) is 72.6 Å². The molecular formula is C39H46IrNO2S-. The van der Waals surface area contributed by atoms with E-state index in [0.717, 1.165) is 42.3 Å². The first-order valence-electron chi connectivity index (χ1n) is 15.7. The maximum Gasteiger partial charge on any atom is 0.162 e. The number of aryl methyl sites for hydroxylation is 1. The Morgan fingerprint density at radius 3 is 2.20 bits per heavy atom. The third-order valence-corrected chi connectivity index (χ3v) is 9.64. The van der Waals surface area contributed by atoms with Gasteiger partial charge in [0.2, 0.25) is 0 Å². The minimum absolute atomic E-state index is 0. The fraction of sp³-hybridized carbons (Fsp3) is 0.385. The van der Waals surface area contributed by atoms with Crippen molar-refractivity contribution in [3.05, 3.63) is 89.8 Å². The largest absolute Gasteiger partial charge is 0.512 e. The molecular weight excluding hydrogens is 739 g/mol. The molecule has 5 heteroatoms. The number of carbonyl (C=O) groups is 1. The Morgan fingerprint density at radius 1 is 0.909 bits per heavy atom. The van der Waals surface area contributed by atoms with Crippen LogP contribution < -0.4 is 0 Å². The van der Waals surface area contributed by atoms with Gasteiger partial charge in [0.05, 0.1) is 5.76 Å². The van der Waals surface area contributed by atoms with Crippen LogP contribution in [0.2, 0.25) is 0 Å². The van der Waals surface area contributed by atoms with Gasteiger partial charge in [0.25, 0.3) is 0 Å². The molecule has 3 aromatic carbocycles. The Hall–Kier alpha value is -2.85. The molecule has 0 bridgehead atoms. The van der Waals surface area contributed by atoms with Gasteiger partial charge in [-0.3, -0.25) is 9.78 Å². The summed E-state index contributed by atoms with van der Waals surface area (Å²) in [6.07, 6.45) is 6.84. The van der Waals surface area contributed by atoms with Crippen molar-refractivity contribution in [1.29, 1.82) is 0 Å². The number of benzene rings is 3. The van der Waals surface area contributed by atoms with Gasteiger partial charge in [-0.25, -0.2) is 0 Å². The minimum atomic E-state index is 0. The Morgan fingerprint density at radius 2 is 1.57 bits per heavy atom. The molecule has 0 unspecified atom stereocenters. The molecule has 44 heavy (non-hydrogen) atoms. The number of allylic oxidation sites excluding steroid dienone is 2. The van der Waals surface area contributed by atoms with E-state index in [1.807, 2.05) is 45.2 Å². The molecule has 1 radical (unpaired) electrons. The topological polar surface area (TPSA) is 50.2 Å². The minimum Gasteiger partial charge on any atom is -0.512 e. The number of hydrogen-bond donors (Lipinski definition) is 1. The van der Waals surface area contributed by atoms with E-state index < -0.39 is 0 Å². The van der Waals surface area contributed by atoms with E-state index in [1.165, 1.54) is 42.8 Å². The van der Waals surface area contributed by atoms with Crippen molar-refractivity contribution in [1.82, 2.24) is 4.98 Å². The summed E-state index contributed by atoms with van der Waals surface area (Å²) in [6, 6.07) is 23.3. The number of carbonyl (C=O) groups excluding carboxylic acids is 1. The van der Waals surface area contributed by atoms with Gasteiger partial charge < -0.3 is 5.11 Å². The second-order valence-electron chi connectivity index (χ2n) is 12.5. The van der Waals surface area contributed by atoms with Gasteiger partial charge in [0.15, 0.2) is 5.78 Å². The fourth-order valence-corrected chi connectivity index (χ4v) is 7.06. The molecule has 5 rings (SSSR count). The van der Waals surface area contributed by atoms with Gasteiger partial charge in [0.1, 0.15) is 0 Å². The van der Waals surface area contributed by atoms with Crippen LogP contribution in [-0.4, -0.2) is 15.9 Å². The van der Waals surface area contributed by atoms with E-state index in [2.05, 4.69) is 88.4 Å². The predicted molar refractivity (Wildman–Crippen MR) is 186 cm³/mol. The smallest absolute Gasteiger partial charge is 0.162 e. The fourth-order valence-electron chi connectivity index (χ4n) is 5.76. The molecule has 0 saturated heterocycles. The molecule has 0 fully saturated rings. The molecule has 0 aliphatic heterocycles. The van der Waals surface area contributed by atoms with Gasteiger partial charge in [-0.2, -0.15) is 0 Å². The van der Waals surface area contributed by atoms with Crippen molar-refractivity contribution in [3.63, 3.8) is 0 Å². The molecule has 0 saturated carbocycles. The summed E-state index contributed by atoms with van der Waals surface area (Å²) >= 11 is 1.83. The van der Waals surface area contributed by atoms with Crippen molar-refractivity contribution in [2.75, 3.05) is 0 Å². The maximum atomic E-state index is 11.7. The third kappa shape index (κ3) is 7.86. The van der Waals surface area contributed by atoms with Crippen LogP contribution in [0.1, 0.15) is 85.3 Å². The number of ketones is 1. The number of fused-ring (bicyclic) bond motifs is 4. The normalized spacial score (nSPS) is 12.1. The van der Waals surface area contributed by atoms with Crippen molar-refractivity contribution in [3.8, 4) is 11.3 Å². The number of nitrogens with zero attached hydrogens (tertiary/aromatic N) is 1. The summed E-state index contributed by atoms with van der Waals surface area (Å²) in [5, 5.41) is 14.8. The van der Waals surface area contributed by atoms with Crippen molar-refractivity contribution in [2.45, 2.75) is 86.5 Å². The standard InChI is InChI=1S/C26H22NS.C13H24O2.Ir/c1-16-9-10-20-21-11-12-27-24(25(21)28-23(20)13-16)18-14-17-7-5-6-8-19(17)22(15-18)26(2,3)4;1-5-10(6-2)12(14)9-13(15)11(7-3)8-4;/h5-13,15H,1-4H3;9-11,14H,5-8H2,1-4H3;/q-1;;/b;12-9-;. The molecule has 0 aliphatic rings. The van der Waals surface area contributed by atoms with E-state index in [4.69, 9.17) is 4.98 Å². The summed E-state index contributed by atoms with van der Waals surface area (Å²) in [4.78, 5) is 16.5. The first-order chi connectivity index (χ1) is 20.5. The molecule has 0 atom stereocenters. The second kappa shape index (κ2) is 15.4. The van der Waals surface area contributed by atoms with Crippen LogP contribution in [-0.2, 0) is 30.3 Å². The third-order valence-electron chi connectivity index (χ3n) is 8.46. The van der Waals surface area contributed by atoms with E-state index in [9.17, 15) is 9.90 Å². The Balaban J connectivity index is 0.000000286. The monoisotopic (exact) mass is 785 g/mol. The van der Waals surface area contributed by atoms with Crippen LogP contribution in [0.4, 0.5) is 0 Å². The Bertz CT molecular complexity index is 1750. The van der Waals surface area contributed by atoms with Crippen molar-refractivity contribution in [2.24, 2.45) is 11.8 Å². The molecule has 1 N–H and O–H groups in total. The summed E-state index contributed by atoms with van der Waals surface area (Å²) in [5.41, 5.74) is 4.80. The summed E-state index contributed by atoms with van der Waals surface area (Å²) in [6.45, 7) is 17.0.